The zero-order valence-electron chi connectivity index (χ0n) is 24.1. The van der Waals surface area contributed by atoms with Gasteiger partial charge in [0.2, 0.25) is 5.91 Å². The lowest BCUT2D eigenvalue weighted by molar-refractivity contribution is -0.384. The predicted octanol–water partition coefficient (Wildman–Crippen LogP) is 5.84. The van der Waals surface area contributed by atoms with E-state index in [1.54, 1.807) is 63.6 Å². The van der Waals surface area contributed by atoms with Crippen molar-refractivity contribution in [3.05, 3.63) is 88.9 Å². The van der Waals surface area contributed by atoms with Gasteiger partial charge in [0.25, 0.3) is 11.6 Å². The monoisotopic (exact) mass is 584 g/mol. The SMILES string of the molecule is CC(C)(C)OC(=O)n1ccc2ccc(NC(=O)c3ccc([N+](=O)[O-])cc3NC(=O)C3CCN(c4ccncc4)CC3)cc21. The first-order valence-electron chi connectivity index (χ1n) is 13.9. The van der Waals surface area contributed by atoms with Crippen LogP contribution in [0.5, 0.6) is 0 Å². The molecule has 1 aliphatic heterocycles. The molecule has 2 aromatic carbocycles. The minimum absolute atomic E-state index is 0.0477. The van der Waals surface area contributed by atoms with Crippen LogP contribution in [0.3, 0.4) is 0 Å². The van der Waals surface area contributed by atoms with Crippen molar-refractivity contribution in [3.63, 3.8) is 0 Å². The number of nitrogens with zero attached hydrogens (tertiary/aromatic N) is 4. The topological polar surface area (TPSA) is 149 Å². The Kier molecular flexibility index (Phi) is 8.11. The maximum atomic E-state index is 13.4. The zero-order valence-corrected chi connectivity index (χ0v) is 24.1. The van der Waals surface area contributed by atoms with Crippen LogP contribution in [0.4, 0.5) is 27.5 Å². The fourth-order valence-electron chi connectivity index (χ4n) is 5.01. The molecular weight excluding hydrogens is 552 g/mol. The number of carbonyl (C=O) groups excluding carboxylic acids is 3. The Balaban J connectivity index is 1.33. The van der Waals surface area contributed by atoms with Crippen LogP contribution in [0.2, 0.25) is 0 Å². The number of amides is 2. The van der Waals surface area contributed by atoms with Crippen LogP contribution in [0.25, 0.3) is 10.9 Å². The van der Waals surface area contributed by atoms with E-state index in [0.29, 0.717) is 37.1 Å². The quantitative estimate of drug-likeness (QED) is 0.212. The number of nitro benzene ring substituents is 1. The molecule has 1 saturated heterocycles. The van der Waals surface area contributed by atoms with Gasteiger partial charge < -0.3 is 20.3 Å². The Hall–Kier alpha value is -5.26. The van der Waals surface area contributed by atoms with Crippen LogP contribution < -0.4 is 15.5 Å². The van der Waals surface area contributed by atoms with Crippen LogP contribution in [-0.2, 0) is 9.53 Å². The highest BCUT2D eigenvalue weighted by atomic mass is 16.6. The van der Waals surface area contributed by atoms with Gasteiger partial charge >= 0.3 is 6.09 Å². The van der Waals surface area contributed by atoms with Crippen molar-refractivity contribution < 1.29 is 24.0 Å². The summed E-state index contributed by atoms with van der Waals surface area (Å²) in [7, 11) is 0. The zero-order chi connectivity index (χ0) is 30.7. The average molecular weight is 585 g/mol. The number of aromatic nitrogens is 2. The summed E-state index contributed by atoms with van der Waals surface area (Å²) in [6.45, 7) is 6.65. The van der Waals surface area contributed by atoms with Crippen molar-refractivity contribution in [2.24, 2.45) is 5.92 Å². The Morgan fingerprint density at radius 2 is 1.70 bits per heavy atom. The number of benzene rings is 2. The highest BCUT2D eigenvalue weighted by Crippen LogP contribution is 2.28. The van der Waals surface area contributed by atoms with Gasteiger partial charge in [0.1, 0.15) is 5.60 Å². The van der Waals surface area contributed by atoms with Crippen molar-refractivity contribution in [1.29, 1.82) is 0 Å². The van der Waals surface area contributed by atoms with Gasteiger partial charge in [-0.3, -0.25) is 29.3 Å². The molecule has 0 spiro atoms. The maximum Gasteiger partial charge on any atom is 0.418 e. The van der Waals surface area contributed by atoms with Gasteiger partial charge in [-0.15, -0.1) is 0 Å². The molecule has 0 saturated carbocycles. The minimum Gasteiger partial charge on any atom is -0.443 e. The number of non-ortho nitro benzene ring substituents is 1. The molecule has 4 aromatic rings. The first kappa shape index (κ1) is 29.2. The smallest absolute Gasteiger partial charge is 0.418 e. The molecule has 1 aliphatic rings. The number of carbonyl (C=O) groups is 3. The van der Waals surface area contributed by atoms with Crippen LogP contribution in [0.15, 0.2) is 73.2 Å². The molecule has 5 rings (SSSR count). The number of ether oxygens (including phenoxy) is 1. The maximum absolute atomic E-state index is 13.4. The van der Waals surface area contributed by atoms with E-state index in [-0.39, 0.29) is 28.8 Å². The molecule has 0 bridgehead atoms. The molecule has 3 heterocycles. The Labute approximate surface area is 247 Å². The second kappa shape index (κ2) is 11.9. The van der Waals surface area contributed by atoms with Crippen LogP contribution in [0.1, 0.15) is 44.0 Å². The number of nitro groups is 1. The van der Waals surface area contributed by atoms with E-state index in [9.17, 15) is 24.5 Å². The molecule has 12 nitrogen and oxygen atoms in total. The predicted molar refractivity (Wildman–Crippen MR) is 162 cm³/mol. The summed E-state index contributed by atoms with van der Waals surface area (Å²) in [6.07, 6.45) is 5.65. The molecule has 222 valence electrons. The number of piperidine rings is 1. The lowest BCUT2D eigenvalue weighted by Gasteiger charge is -2.33. The third-order valence-corrected chi connectivity index (χ3v) is 7.15. The Bertz CT molecular complexity index is 1690. The normalized spacial score (nSPS) is 13.9. The fraction of sp³-hybridized carbons (Fsp3) is 0.290. The lowest BCUT2D eigenvalue weighted by atomic mass is 9.95. The number of rotatable bonds is 6. The lowest BCUT2D eigenvalue weighted by Crippen LogP contribution is -2.38. The van der Waals surface area contributed by atoms with E-state index in [4.69, 9.17) is 4.74 Å². The molecule has 0 aliphatic carbocycles. The van der Waals surface area contributed by atoms with Crippen molar-refractivity contribution in [3.8, 4) is 0 Å². The van der Waals surface area contributed by atoms with Gasteiger partial charge in [0.05, 0.1) is 21.7 Å². The highest BCUT2D eigenvalue weighted by molar-refractivity contribution is 6.11. The van der Waals surface area contributed by atoms with Crippen LogP contribution in [-0.4, -0.2) is 51.1 Å². The molecule has 0 atom stereocenters. The van der Waals surface area contributed by atoms with Crippen molar-refractivity contribution in [2.75, 3.05) is 28.6 Å². The van der Waals surface area contributed by atoms with E-state index in [0.717, 1.165) is 11.1 Å². The summed E-state index contributed by atoms with van der Waals surface area (Å²) in [5, 5.41) is 17.8. The molecule has 2 amide bonds. The molecule has 1 fully saturated rings. The van der Waals surface area contributed by atoms with Crippen LogP contribution >= 0.6 is 0 Å². The van der Waals surface area contributed by atoms with Crippen molar-refractivity contribution in [2.45, 2.75) is 39.2 Å². The molecule has 0 unspecified atom stereocenters. The Morgan fingerprint density at radius 3 is 2.37 bits per heavy atom. The standard InChI is InChI=1S/C31H32N6O6/c1-31(2,3)43-30(40)36-17-12-20-4-5-22(18-27(20)36)33-29(39)25-7-6-24(37(41)42)19-26(25)34-28(38)21-10-15-35(16-11-21)23-8-13-32-14-9-23/h4-9,12-14,17-19,21H,10-11,15-16H2,1-3H3,(H,33,39)(H,34,38). The van der Waals surface area contributed by atoms with Gasteiger partial charge in [-0.05, 0) is 70.0 Å². The molecule has 2 N–H and O–H groups in total. The van der Waals surface area contributed by atoms with E-state index in [1.165, 1.54) is 22.8 Å². The molecule has 0 radical (unpaired) electrons. The second-order valence-corrected chi connectivity index (χ2v) is 11.3. The molecule has 12 heteroatoms. The summed E-state index contributed by atoms with van der Waals surface area (Å²) in [6, 6.07) is 14.4. The minimum atomic E-state index is -0.688. The summed E-state index contributed by atoms with van der Waals surface area (Å²) in [4.78, 5) is 56.5. The van der Waals surface area contributed by atoms with Crippen molar-refractivity contribution >= 4 is 51.6 Å². The van der Waals surface area contributed by atoms with E-state index in [1.807, 2.05) is 12.1 Å². The summed E-state index contributed by atoms with van der Waals surface area (Å²) in [5.41, 5.74) is 1.12. The summed E-state index contributed by atoms with van der Waals surface area (Å²) in [5.74, 6) is -1.20. The van der Waals surface area contributed by atoms with Crippen molar-refractivity contribution in [1.82, 2.24) is 9.55 Å². The number of hydrogen-bond acceptors (Lipinski definition) is 8. The number of nitrogens with one attached hydrogen (secondary N) is 2. The van der Waals surface area contributed by atoms with E-state index >= 15 is 0 Å². The molecular formula is C31H32N6O6. The number of anilines is 3. The summed E-state index contributed by atoms with van der Waals surface area (Å²) < 4.78 is 6.83. The highest BCUT2D eigenvalue weighted by Gasteiger charge is 2.27. The molecule has 2 aromatic heterocycles. The summed E-state index contributed by atoms with van der Waals surface area (Å²) >= 11 is 0. The van der Waals surface area contributed by atoms with E-state index < -0.39 is 22.5 Å². The third-order valence-electron chi connectivity index (χ3n) is 7.15. The largest absolute Gasteiger partial charge is 0.443 e. The van der Waals surface area contributed by atoms with Gasteiger partial charge in [-0.2, -0.15) is 0 Å². The first-order valence-corrected chi connectivity index (χ1v) is 13.9. The first-order chi connectivity index (χ1) is 20.5. The number of fused-ring (bicyclic) bond motifs is 1. The second-order valence-electron chi connectivity index (χ2n) is 11.3. The van der Waals surface area contributed by atoms with E-state index in [2.05, 4.69) is 20.5 Å². The third kappa shape index (κ3) is 6.80. The van der Waals surface area contributed by atoms with Crippen LogP contribution in [0, 0.1) is 16.0 Å². The average Bonchev–Trinajstić information content (AvgIpc) is 3.40. The number of hydrogen-bond donors (Lipinski definition) is 2. The van der Waals surface area contributed by atoms with Gasteiger partial charge in [-0.1, -0.05) is 6.07 Å². The fourth-order valence-corrected chi connectivity index (χ4v) is 5.01. The molecule has 43 heavy (non-hydrogen) atoms. The van der Waals surface area contributed by atoms with Gasteiger partial charge in [0, 0.05) is 66.5 Å². The number of pyridine rings is 1. The van der Waals surface area contributed by atoms with Gasteiger partial charge in [0.15, 0.2) is 0 Å². The Morgan fingerprint density at radius 1 is 0.977 bits per heavy atom. The van der Waals surface area contributed by atoms with Gasteiger partial charge in [-0.25, -0.2) is 4.79 Å².